The number of likely N-dealkylation sites (tertiary alicyclic amines) is 1. The molecule has 6 nitrogen and oxygen atoms in total. The van der Waals surface area contributed by atoms with Gasteiger partial charge in [0.25, 0.3) is 0 Å². The summed E-state index contributed by atoms with van der Waals surface area (Å²) in [5, 5.41) is 6.96. The Labute approximate surface area is 158 Å². The highest BCUT2D eigenvalue weighted by molar-refractivity contribution is 5.79. The van der Waals surface area contributed by atoms with Crippen LogP contribution in [-0.4, -0.2) is 68.6 Å². The average Bonchev–Trinajstić information content (AvgIpc) is 3.43. The van der Waals surface area contributed by atoms with Gasteiger partial charge in [-0.05, 0) is 58.0 Å². The number of hydrogen-bond acceptors (Lipinski definition) is 4. The fourth-order valence-electron chi connectivity index (χ4n) is 4.24. The number of likely N-dealkylation sites (N-methyl/N-ethyl adjacent to an activating group) is 1. The van der Waals surface area contributed by atoms with Gasteiger partial charge in [0.2, 0.25) is 0 Å². The highest BCUT2D eigenvalue weighted by atomic mass is 16.3. The van der Waals surface area contributed by atoms with Gasteiger partial charge < -0.3 is 20.0 Å². The normalized spacial score (nSPS) is 20.8. The molecule has 1 saturated carbocycles. The third-order valence-electron chi connectivity index (χ3n) is 5.84. The van der Waals surface area contributed by atoms with E-state index in [4.69, 9.17) is 4.42 Å². The molecule has 6 heteroatoms. The molecule has 2 heterocycles. The van der Waals surface area contributed by atoms with Crippen LogP contribution in [0.2, 0.25) is 0 Å². The van der Waals surface area contributed by atoms with Crippen molar-refractivity contribution in [2.45, 2.75) is 50.6 Å². The van der Waals surface area contributed by atoms with E-state index in [-0.39, 0.29) is 6.04 Å². The van der Waals surface area contributed by atoms with Crippen LogP contribution in [0.4, 0.5) is 0 Å². The summed E-state index contributed by atoms with van der Waals surface area (Å²) in [6.45, 7) is 5.07. The van der Waals surface area contributed by atoms with Gasteiger partial charge in [0.15, 0.2) is 5.96 Å². The lowest BCUT2D eigenvalue weighted by atomic mass is 10.2. The Hall–Kier alpha value is -1.53. The molecule has 1 atom stereocenters. The van der Waals surface area contributed by atoms with E-state index in [9.17, 15) is 0 Å². The van der Waals surface area contributed by atoms with Crippen molar-refractivity contribution in [2.24, 2.45) is 4.99 Å². The van der Waals surface area contributed by atoms with Gasteiger partial charge in [0.1, 0.15) is 5.76 Å². The van der Waals surface area contributed by atoms with Crippen LogP contribution < -0.4 is 10.6 Å². The van der Waals surface area contributed by atoms with Crippen molar-refractivity contribution in [1.29, 1.82) is 0 Å². The van der Waals surface area contributed by atoms with E-state index in [2.05, 4.69) is 38.5 Å². The first-order valence-electron chi connectivity index (χ1n) is 10.2. The van der Waals surface area contributed by atoms with Gasteiger partial charge in [0.05, 0.1) is 12.3 Å². The highest BCUT2D eigenvalue weighted by Crippen LogP contribution is 2.25. The second-order valence-corrected chi connectivity index (χ2v) is 7.57. The second-order valence-electron chi connectivity index (χ2n) is 7.57. The summed E-state index contributed by atoms with van der Waals surface area (Å²) in [5.74, 6) is 1.91. The molecule has 2 aliphatic rings. The molecule has 0 radical (unpaired) electrons. The molecular formula is C20H35N5O. The Morgan fingerprint density at radius 2 is 2.04 bits per heavy atom. The molecule has 146 valence electrons. The summed E-state index contributed by atoms with van der Waals surface area (Å²) in [6, 6.07) is 5.10. The Morgan fingerprint density at radius 1 is 1.27 bits per heavy atom. The summed E-state index contributed by atoms with van der Waals surface area (Å²) >= 11 is 0. The van der Waals surface area contributed by atoms with Crippen LogP contribution in [0.15, 0.2) is 27.8 Å². The molecule has 1 aliphatic heterocycles. The molecule has 1 aliphatic carbocycles. The lowest BCUT2D eigenvalue weighted by molar-refractivity contribution is 0.215. The third kappa shape index (κ3) is 5.24. The lowest BCUT2D eigenvalue weighted by Crippen LogP contribution is -2.45. The minimum Gasteiger partial charge on any atom is -0.468 e. The minimum atomic E-state index is 0.271. The van der Waals surface area contributed by atoms with Crippen molar-refractivity contribution in [3.05, 3.63) is 24.2 Å². The lowest BCUT2D eigenvalue weighted by Gasteiger charge is -2.27. The number of nitrogens with zero attached hydrogens (tertiary/aromatic N) is 3. The van der Waals surface area contributed by atoms with E-state index in [0.29, 0.717) is 0 Å². The number of rotatable bonds is 8. The van der Waals surface area contributed by atoms with Crippen LogP contribution >= 0.6 is 0 Å². The summed E-state index contributed by atoms with van der Waals surface area (Å²) in [6.07, 6.45) is 9.79. The largest absolute Gasteiger partial charge is 0.468 e. The predicted molar refractivity (Wildman–Crippen MR) is 107 cm³/mol. The quantitative estimate of drug-likeness (QED) is 0.550. The molecule has 0 aromatic carbocycles. The van der Waals surface area contributed by atoms with Gasteiger partial charge in [-0.15, -0.1) is 0 Å². The van der Waals surface area contributed by atoms with Gasteiger partial charge in [0, 0.05) is 32.7 Å². The molecular weight excluding hydrogens is 326 g/mol. The number of hydrogen-bond donors (Lipinski definition) is 2. The zero-order valence-electron chi connectivity index (χ0n) is 16.4. The van der Waals surface area contributed by atoms with Crippen LogP contribution in [0.25, 0.3) is 0 Å². The molecule has 0 spiro atoms. The van der Waals surface area contributed by atoms with Gasteiger partial charge in [-0.1, -0.05) is 12.8 Å². The van der Waals surface area contributed by atoms with Crippen molar-refractivity contribution in [1.82, 2.24) is 20.4 Å². The average molecular weight is 362 g/mol. The van der Waals surface area contributed by atoms with E-state index >= 15 is 0 Å². The maximum atomic E-state index is 5.69. The predicted octanol–water partition coefficient (Wildman–Crippen LogP) is 2.46. The maximum absolute atomic E-state index is 5.69. The molecule has 0 bridgehead atoms. The Kier molecular flexibility index (Phi) is 7.38. The van der Waals surface area contributed by atoms with Crippen LogP contribution in [0.3, 0.4) is 0 Å². The number of furan rings is 1. The molecule has 1 unspecified atom stereocenters. The van der Waals surface area contributed by atoms with Crippen molar-refractivity contribution in [2.75, 3.05) is 46.8 Å². The van der Waals surface area contributed by atoms with Gasteiger partial charge >= 0.3 is 0 Å². The number of aliphatic imine (C=N–C) groups is 1. The monoisotopic (exact) mass is 361 g/mol. The number of nitrogens with one attached hydrogen (secondary N) is 2. The molecule has 2 N–H and O–H groups in total. The van der Waals surface area contributed by atoms with E-state index in [1.165, 1.54) is 38.5 Å². The zero-order valence-corrected chi connectivity index (χ0v) is 16.4. The van der Waals surface area contributed by atoms with E-state index in [1.807, 2.05) is 13.1 Å². The molecule has 1 aromatic rings. The topological polar surface area (TPSA) is 56.0 Å². The summed E-state index contributed by atoms with van der Waals surface area (Å²) in [5.41, 5.74) is 0. The van der Waals surface area contributed by atoms with E-state index in [0.717, 1.165) is 50.5 Å². The number of guanidine groups is 1. The Balaban J connectivity index is 1.44. The maximum Gasteiger partial charge on any atom is 0.191 e. The van der Waals surface area contributed by atoms with Crippen molar-refractivity contribution in [3.63, 3.8) is 0 Å². The first kappa shape index (κ1) is 19.2. The highest BCUT2D eigenvalue weighted by Gasteiger charge is 2.25. The molecule has 2 fully saturated rings. The fourth-order valence-corrected chi connectivity index (χ4v) is 4.24. The molecule has 0 amide bonds. The summed E-state index contributed by atoms with van der Waals surface area (Å²) in [7, 11) is 4.09. The molecule has 1 aromatic heterocycles. The van der Waals surface area contributed by atoms with Crippen molar-refractivity contribution >= 4 is 5.96 Å². The summed E-state index contributed by atoms with van der Waals surface area (Å²) < 4.78 is 5.69. The first-order chi connectivity index (χ1) is 12.8. The molecule has 1 saturated heterocycles. The van der Waals surface area contributed by atoms with Crippen LogP contribution in [0, 0.1) is 0 Å². The SMILES string of the molecule is CN=C(NCCN(C)C1CCCC1)NCC(c1ccco1)N1CCCC1. The minimum absolute atomic E-state index is 0.271. The third-order valence-corrected chi connectivity index (χ3v) is 5.84. The summed E-state index contributed by atoms with van der Waals surface area (Å²) in [4.78, 5) is 9.39. The van der Waals surface area contributed by atoms with Crippen molar-refractivity contribution in [3.8, 4) is 0 Å². The van der Waals surface area contributed by atoms with Gasteiger partial charge in [-0.25, -0.2) is 0 Å². The van der Waals surface area contributed by atoms with E-state index < -0.39 is 0 Å². The Morgan fingerprint density at radius 3 is 2.69 bits per heavy atom. The molecule has 26 heavy (non-hydrogen) atoms. The standard InChI is InChI=1S/C20H35N5O/c1-21-20(22-11-14-24(2)17-8-3-4-9-17)23-16-18(19-10-7-15-26-19)25-12-5-6-13-25/h7,10,15,17-18H,3-6,8-9,11-14,16H2,1-2H3,(H2,21,22,23). The second kappa shape index (κ2) is 9.97. The molecule has 3 rings (SSSR count). The fraction of sp³-hybridized carbons (Fsp3) is 0.750. The van der Waals surface area contributed by atoms with Crippen LogP contribution in [0.1, 0.15) is 50.3 Å². The Bertz CT molecular complexity index is 532. The van der Waals surface area contributed by atoms with Gasteiger partial charge in [-0.2, -0.15) is 0 Å². The van der Waals surface area contributed by atoms with Crippen molar-refractivity contribution < 1.29 is 4.42 Å². The van der Waals surface area contributed by atoms with Crippen LogP contribution in [0.5, 0.6) is 0 Å². The van der Waals surface area contributed by atoms with Gasteiger partial charge in [-0.3, -0.25) is 9.89 Å². The van der Waals surface area contributed by atoms with Crippen LogP contribution in [-0.2, 0) is 0 Å². The zero-order chi connectivity index (χ0) is 18.2. The first-order valence-corrected chi connectivity index (χ1v) is 10.2. The smallest absolute Gasteiger partial charge is 0.191 e. The van der Waals surface area contributed by atoms with E-state index in [1.54, 1.807) is 6.26 Å².